The summed E-state index contributed by atoms with van der Waals surface area (Å²) < 4.78 is 2.19. The zero-order valence-electron chi connectivity index (χ0n) is 10.8. The molecule has 94 valence electrons. The summed E-state index contributed by atoms with van der Waals surface area (Å²) in [4.78, 5) is 0. The number of rotatable bonds is 3. The van der Waals surface area contributed by atoms with Crippen LogP contribution in [0.1, 0.15) is 51.1 Å². The molecule has 3 nitrogen and oxygen atoms in total. The van der Waals surface area contributed by atoms with Crippen LogP contribution in [-0.4, -0.2) is 16.3 Å². The second-order valence-corrected chi connectivity index (χ2v) is 5.52. The predicted molar refractivity (Wildman–Crippen MR) is 68.8 cm³/mol. The first-order valence-corrected chi connectivity index (χ1v) is 7.14. The highest BCUT2D eigenvalue weighted by molar-refractivity contribution is 5.20. The number of nitrogens with one attached hydrogen (secondary N) is 1. The standard InChI is InChI=1S/C14H23N3/c1-2-17-13(8-11-16-17)14(12-6-7-12)9-4-3-5-10-15-14/h8,11-12,15H,2-7,9-10H2,1H3. The van der Waals surface area contributed by atoms with Crippen LogP contribution in [0.2, 0.25) is 0 Å². The van der Waals surface area contributed by atoms with E-state index in [0.717, 1.165) is 12.5 Å². The molecule has 3 heteroatoms. The lowest BCUT2D eigenvalue weighted by atomic mass is 9.84. The Labute approximate surface area is 104 Å². The van der Waals surface area contributed by atoms with Crippen LogP contribution in [-0.2, 0) is 12.1 Å². The molecule has 2 aliphatic rings. The summed E-state index contributed by atoms with van der Waals surface area (Å²) in [6, 6.07) is 2.24. The van der Waals surface area contributed by atoms with Crippen LogP contribution in [0.25, 0.3) is 0 Å². The average molecular weight is 233 g/mol. The summed E-state index contributed by atoms with van der Waals surface area (Å²) in [5.41, 5.74) is 1.67. The van der Waals surface area contributed by atoms with Crippen molar-refractivity contribution in [2.45, 2.75) is 57.5 Å². The zero-order valence-corrected chi connectivity index (χ0v) is 10.8. The van der Waals surface area contributed by atoms with Gasteiger partial charge in [-0.05, 0) is 51.1 Å². The van der Waals surface area contributed by atoms with Gasteiger partial charge in [-0.3, -0.25) is 4.68 Å². The molecule has 1 aliphatic heterocycles. The van der Waals surface area contributed by atoms with Gasteiger partial charge < -0.3 is 5.32 Å². The van der Waals surface area contributed by atoms with Crippen molar-refractivity contribution in [1.29, 1.82) is 0 Å². The van der Waals surface area contributed by atoms with Crippen LogP contribution < -0.4 is 5.32 Å². The van der Waals surface area contributed by atoms with Gasteiger partial charge in [-0.1, -0.05) is 12.8 Å². The van der Waals surface area contributed by atoms with Crippen molar-refractivity contribution in [3.05, 3.63) is 18.0 Å². The van der Waals surface area contributed by atoms with Crippen molar-refractivity contribution in [3.8, 4) is 0 Å². The van der Waals surface area contributed by atoms with Crippen molar-refractivity contribution >= 4 is 0 Å². The average Bonchev–Trinajstić information content (AvgIpc) is 3.12. The summed E-state index contributed by atoms with van der Waals surface area (Å²) in [7, 11) is 0. The Balaban J connectivity index is 1.97. The van der Waals surface area contributed by atoms with Crippen molar-refractivity contribution in [2.75, 3.05) is 6.54 Å². The van der Waals surface area contributed by atoms with Crippen molar-refractivity contribution in [3.63, 3.8) is 0 Å². The van der Waals surface area contributed by atoms with Crippen LogP contribution in [0.3, 0.4) is 0 Å². The Morgan fingerprint density at radius 3 is 3.06 bits per heavy atom. The SMILES string of the molecule is CCn1nccc1C1(C2CC2)CCCCCN1. The molecule has 3 rings (SSSR count). The molecule has 17 heavy (non-hydrogen) atoms. The van der Waals surface area contributed by atoms with Crippen LogP contribution >= 0.6 is 0 Å². The fourth-order valence-corrected chi connectivity index (χ4v) is 3.42. The van der Waals surface area contributed by atoms with E-state index in [0.29, 0.717) is 0 Å². The van der Waals surface area contributed by atoms with Crippen molar-refractivity contribution in [2.24, 2.45) is 5.92 Å². The number of hydrogen-bond acceptors (Lipinski definition) is 2. The third-order valence-corrected chi connectivity index (χ3v) is 4.44. The fraction of sp³-hybridized carbons (Fsp3) is 0.786. The van der Waals surface area contributed by atoms with Gasteiger partial charge in [-0.25, -0.2) is 0 Å². The van der Waals surface area contributed by atoms with Gasteiger partial charge in [-0.15, -0.1) is 0 Å². The second-order valence-electron chi connectivity index (χ2n) is 5.52. The van der Waals surface area contributed by atoms with E-state index in [9.17, 15) is 0 Å². The molecule has 1 aliphatic carbocycles. The van der Waals surface area contributed by atoms with Gasteiger partial charge in [-0.2, -0.15) is 5.10 Å². The molecule has 1 atom stereocenters. The lowest BCUT2D eigenvalue weighted by molar-refractivity contribution is 0.257. The molecule has 2 heterocycles. The molecule has 0 spiro atoms. The Hall–Kier alpha value is -0.830. The minimum Gasteiger partial charge on any atom is -0.306 e. The molecule has 0 bridgehead atoms. The van der Waals surface area contributed by atoms with Crippen LogP contribution in [0.5, 0.6) is 0 Å². The topological polar surface area (TPSA) is 29.9 Å². The largest absolute Gasteiger partial charge is 0.306 e. The van der Waals surface area contributed by atoms with E-state index in [4.69, 9.17) is 0 Å². The van der Waals surface area contributed by atoms with E-state index in [2.05, 4.69) is 28.1 Å². The van der Waals surface area contributed by atoms with E-state index in [1.807, 2.05) is 6.20 Å². The quantitative estimate of drug-likeness (QED) is 0.870. The second kappa shape index (κ2) is 4.45. The summed E-state index contributed by atoms with van der Waals surface area (Å²) >= 11 is 0. The molecular weight excluding hydrogens is 210 g/mol. The predicted octanol–water partition coefficient (Wildman–Crippen LogP) is 2.67. The number of nitrogens with zero attached hydrogens (tertiary/aromatic N) is 2. The van der Waals surface area contributed by atoms with Gasteiger partial charge in [0.05, 0.1) is 11.2 Å². The molecule has 1 N–H and O–H groups in total. The fourth-order valence-electron chi connectivity index (χ4n) is 3.42. The van der Waals surface area contributed by atoms with Gasteiger partial charge in [0.2, 0.25) is 0 Å². The highest BCUT2D eigenvalue weighted by atomic mass is 15.3. The number of aryl methyl sites for hydroxylation is 1. The zero-order chi connectivity index (χ0) is 11.7. The summed E-state index contributed by atoms with van der Waals surface area (Å²) in [6.07, 6.45) is 10.1. The molecule has 1 saturated heterocycles. The maximum Gasteiger partial charge on any atom is 0.0634 e. The van der Waals surface area contributed by atoms with Crippen LogP contribution in [0, 0.1) is 5.92 Å². The first kappa shape index (κ1) is 11.3. The van der Waals surface area contributed by atoms with E-state index in [-0.39, 0.29) is 5.54 Å². The maximum absolute atomic E-state index is 4.47. The lowest BCUT2D eigenvalue weighted by Crippen LogP contribution is -2.45. The first-order chi connectivity index (χ1) is 8.37. The minimum absolute atomic E-state index is 0.239. The molecule has 1 aromatic rings. The Kier molecular flexibility index (Phi) is 2.95. The van der Waals surface area contributed by atoms with Crippen molar-refractivity contribution in [1.82, 2.24) is 15.1 Å². The third kappa shape index (κ3) is 1.90. The molecule has 1 saturated carbocycles. The monoisotopic (exact) mass is 233 g/mol. The Morgan fingerprint density at radius 1 is 1.41 bits per heavy atom. The van der Waals surface area contributed by atoms with Gasteiger partial charge >= 0.3 is 0 Å². The minimum atomic E-state index is 0.239. The summed E-state index contributed by atoms with van der Waals surface area (Å²) in [6.45, 7) is 4.34. The van der Waals surface area contributed by atoms with Crippen LogP contribution in [0.15, 0.2) is 12.3 Å². The molecule has 2 fully saturated rings. The van der Waals surface area contributed by atoms with E-state index in [1.165, 1.54) is 50.8 Å². The lowest BCUT2D eigenvalue weighted by Gasteiger charge is -2.34. The van der Waals surface area contributed by atoms with Crippen molar-refractivity contribution < 1.29 is 0 Å². The molecular formula is C14H23N3. The molecule has 0 aromatic carbocycles. The molecule has 1 unspecified atom stereocenters. The van der Waals surface area contributed by atoms with E-state index in [1.54, 1.807) is 0 Å². The summed E-state index contributed by atoms with van der Waals surface area (Å²) in [5, 5.41) is 8.35. The number of aromatic nitrogens is 2. The molecule has 0 amide bonds. The van der Waals surface area contributed by atoms with E-state index < -0.39 is 0 Å². The molecule has 1 aromatic heterocycles. The van der Waals surface area contributed by atoms with Crippen LogP contribution in [0.4, 0.5) is 0 Å². The molecule has 0 radical (unpaired) electrons. The van der Waals surface area contributed by atoms with Gasteiger partial charge in [0.25, 0.3) is 0 Å². The Bertz CT molecular complexity index is 371. The van der Waals surface area contributed by atoms with Gasteiger partial charge in [0.1, 0.15) is 0 Å². The third-order valence-electron chi connectivity index (χ3n) is 4.44. The smallest absolute Gasteiger partial charge is 0.0634 e. The first-order valence-electron chi connectivity index (χ1n) is 7.14. The maximum atomic E-state index is 4.47. The Morgan fingerprint density at radius 2 is 2.29 bits per heavy atom. The highest BCUT2D eigenvalue weighted by Gasteiger charge is 2.47. The van der Waals surface area contributed by atoms with E-state index >= 15 is 0 Å². The summed E-state index contributed by atoms with van der Waals surface area (Å²) in [5.74, 6) is 0.850. The van der Waals surface area contributed by atoms with Gasteiger partial charge in [0.15, 0.2) is 0 Å². The normalized spacial score (nSPS) is 30.2. The van der Waals surface area contributed by atoms with Gasteiger partial charge in [0, 0.05) is 12.7 Å². The highest BCUT2D eigenvalue weighted by Crippen LogP contribution is 2.49. The number of hydrogen-bond donors (Lipinski definition) is 1.